The minimum absolute atomic E-state index is 0.0378. The van der Waals surface area contributed by atoms with E-state index in [1.54, 1.807) is 11.0 Å². The first-order chi connectivity index (χ1) is 10.8. The highest BCUT2D eigenvalue weighted by Gasteiger charge is 2.35. The molecule has 1 aromatic heterocycles. The maximum absolute atomic E-state index is 12.0. The second-order valence-electron chi connectivity index (χ2n) is 7.45. The summed E-state index contributed by atoms with van der Waals surface area (Å²) in [5, 5.41) is 3.61. The molecule has 0 radical (unpaired) electrons. The molecular formula is C17H25N3O3. The van der Waals surface area contributed by atoms with Crippen molar-refractivity contribution in [2.24, 2.45) is 0 Å². The second-order valence-corrected chi connectivity index (χ2v) is 7.45. The zero-order chi connectivity index (χ0) is 16.6. The number of nitrogens with zero attached hydrogens (tertiary/aromatic N) is 1. The van der Waals surface area contributed by atoms with Crippen LogP contribution in [-0.2, 0) is 11.2 Å². The summed E-state index contributed by atoms with van der Waals surface area (Å²) in [5.41, 5.74) is 1.74. The van der Waals surface area contributed by atoms with E-state index in [1.165, 1.54) is 5.56 Å². The first kappa shape index (κ1) is 16.1. The predicted molar refractivity (Wildman–Crippen MR) is 87.5 cm³/mol. The quantitative estimate of drug-likeness (QED) is 0.874. The molecule has 1 saturated heterocycles. The Bertz CT molecular complexity index is 641. The first-order valence-electron chi connectivity index (χ1n) is 8.28. The van der Waals surface area contributed by atoms with E-state index in [-0.39, 0.29) is 23.7 Å². The van der Waals surface area contributed by atoms with E-state index in [0.29, 0.717) is 13.1 Å². The lowest BCUT2D eigenvalue weighted by Gasteiger charge is -2.42. The number of likely N-dealkylation sites (tertiary alicyclic amines) is 1. The van der Waals surface area contributed by atoms with Crippen LogP contribution in [-0.4, -0.2) is 40.7 Å². The molecule has 0 aromatic carbocycles. The molecule has 1 aromatic rings. The lowest BCUT2D eigenvalue weighted by molar-refractivity contribution is 0.00389. The zero-order valence-electron chi connectivity index (χ0n) is 14.0. The number of hydrogen-bond donors (Lipinski definition) is 2. The molecule has 2 aliphatic rings. The van der Waals surface area contributed by atoms with E-state index in [1.807, 2.05) is 26.8 Å². The summed E-state index contributed by atoms with van der Waals surface area (Å²) in [4.78, 5) is 28.0. The number of nitrogens with one attached hydrogen (secondary N) is 2. The molecule has 2 heterocycles. The fourth-order valence-electron chi connectivity index (χ4n) is 3.22. The van der Waals surface area contributed by atoms with Gasteiger partial charge >= 0.3 is 6.09 Å². The van der Waals surface area contributed by atoms with Gasteiger partial charge in [-0.2, -0.15) is 0 Å². The molecule has 126 valence electrons. The van der Waals surface area contributed by atoms with E-state index < -0.39 is 5.60 Å². The Hall–Kier alpha value is -1.82. The summed E-state index contributed by atoms with van der Waals surface area (Å²) in [5.74, 6) is 0. The SMILES string of the molecule is CC(C)(C)OC(=O)N1CC(NC2CCCc3[nH]c(=O)ccc32)C1. The maximum Gasteiger partial charge on any atom is 0.410 e. The average Bonchev–Trinajstić information content (AvgIpc) is 2.39. The van der Waals surface area contributed by atoms with Gasteiger partial charge < -0.3 is 19.9 Å². The van der Waals surface area contributed by atoms with Crippen LogP contribution in [0.2, 0.25) is 0 Å². The zero-order valence-corrected chi connectivity index (χ0v) is 14.0. The van der Waals surface area contributed by atoms with Gasteiger partial charge in [-0.3, -0.25) is 4.79 Å². The number of carbonyl (C=O) groups excluding carboxylic acids is 1. The van der Waals surface area contributed by atoms with Gasteiger partial charge in [-0.25, -0.2) is 4.79 Å². The Morgan fingerprint density at radius 2 is 2.09 bits per heavy atom. The molecule has 3 rings (SSSR count). The van der Waals surface area contributed by atoms with Crippen LogP contribution in [0, 0.1) is 0 Å². The molecule has 1 atom stereocenters. The number of ether oxygens (including phenoxy) is 1. The van der Waals surface area contributed by atoms with Crippen molar-refractivity contribution >= 4 is 6.09 Å². The summed E-state index contributed by atoms with van der Waals surface area (Å²) in [6.45, 7) is 6.97. The second kappa shape index (κ2) is 6.00. The summed E-state index contributed by atoms with van der Waals surface area (Å²) in [6.07, 6.45) is 2.80. The Morgan fingerprint density at radius 1 is 1.35 bits per heavy atom. The van der Waals surface area contributed by atoms with Crippen molar-refractivity contribution in [3.8, 4) is 0 Å². The fraction of sp³-hybridized carbons (Fsp3) is 0.647. The molecule has 1 amide bonds. The molecule has 1 fully saturated rings. The Labute approximate surface area is 136 Å². The number of aromatic amines is 1. The van der Waals surface area contributed by atoms with Crippen molar-refractivity contribution in [2.75, 3.05) is 13.1 Å². The smallest absolute Gasteiger partial charge is 0.410 e. The largest absolute Gasteiger partial charge is 0.444 e. The van der Waals surface area contributed by atoms with Crippen molar-refractivity contribution in [1.82, 2.24) is 15.2 Å². The van der Waals surface area contributed by atoms with Crippen LogP contribution >= 0.6 is 0 Å². The minimum Gasteiger partial charge on any atom is -0.444 e. The number of fused-ring (bicyclic) bond motifs is 1. The molecule has 1 aliphatic carbocycles. The molecule has 1 aliphatic heterocycles. The first-order valence-corrected chi connectivity index (χ1v) is 8.28. The molecule has 0 spiro atoms. The fourth-order valence-corrected chi connectivity index (χ4v) is 3.22. The Kier molecular flexibility index (Phi) is 4.19. The van der Waals surface area contributed by atoms with Gasteiger partial charge in [0.05, 0.1) is 0 Å². The van der Waals surface area contributed by atoms with E-state index in [9.17, 15) is 9.59 Å². The van der Waals surface area contributed by atoms with Crippen molar-refractivity contribution in [3.63, 3.8) is 0 Å². The highest BCUT2D eigenvalue weighted by atomic mass is 16.6. The van der Waals surface area contributed by atoms with E-state index in [0.717, 1.165) is 25.0 Å². The third-order valence-corrected chi connectivity index (χ3v) is 4.30. The van der Waals surface area contributed by atoms with E-state index in [2.05, 4.69) is 10.3 Å². The number of aromatic nitrogens is 1. The summed E-state index contributed by atoms with van der Waals surface area (Å²) < 4.78 is 5.37. The topological polar surface area (TPSA) is 74.4 Å². The minimum atomic E-state index is -0.455. The van der Waals surface area contributed by atoms with Gasteiger partial charge in [-0.1, -0.05) is 6.07 Å². The molecule has 2 N–H and O–H groups in total. The summed E-state index contributed by atoms with van der Waals surface area (Å²) >= 11 is 0. The van der Waals surface area contributed by atoms with Gasteiger partial charge in [-0.15, -0.1) is 0 Å². The van der Waals surface area contributed by atoms with Gasteiger partial charge in [-0.05, 0) is 45.6 Å². The van der Waals surface area contributed by atoms with Crippen LogP contribution in [0.5, 0.6) is 0 Å². The average molecular weight is 319 g/mol. The molecule has 6 heteroatoms. The number of amides is 1. The van der Waals surface area contributed by atoms with E-state index in [4.69, 9.17) is 4.74 Å². The van der Waals surface area contributed by atoms with E-state index >= 15 is 0 Å². The van der Waals surface area contributed by atoms with Gasteiger partial charge in [0.1, 0.15) is 5.60 Å². The lowest BCUT2D eigenvalue weighted by atomic mass is 9.90. The maximum atomic E-state index is 12.0. The van der Waals surface area contributed by atoms with Crippen LogP contribution < -0.4 is 10.9 Å². The highest BCUT2D eigenvalue weighted by molar-refractivity contribution is 5.69. The molecule has 1 unspecified atom stereocenters. The number of rotatable bonds is 2. The van der Waals surface area contributed by atoms with Crippen LogP contribution in [0.1, 0.15) is 50.9 Å². The Balaban J connectivity index is 1.55. The normalized spacial score (nSPS) is 21.5. The van der Waals surface area contributed by atoms with Crippen molar-refractivity contribution in [3.05, 3.63) is 33.7 Å². The van der Waals surface area contributed by atoms with Crippen molar-refractivity contribution in [2.45, 2.75) is 57.7 Å². The molecule has 0 saturated carbocycles. The van der Waals surface area contributed by atoms with Gasteiger partial charge in [0.25, 0.3) is 0 Å². The lowest BCUT2D eigenvalue weighted by Crippen LogP contribution is -2.61. The van der Waals surface area contributed by atoms with Crippen LogP contribution in [0.4, 0.5) is 4.79 Å². The van der Waals surface area contributed by atoms with Crippen molar-refractivity contribution in [1.29, 1.82) is 0 Å². The van der Waals surface area contributed by atoms with Crippen LogP contribution in [0.15, 0.2) is 16.9 Å². The highest BCUT2D eigenvalue weighted by Crippen LogP contribution is 2.29. The van der Waals surface area contributed by atoms with Crippen LogP contribution in [0.3, 0.4) is 0 Å². The van der Waals surface area contributed by atoms with Crippen molar-refractivity contribution < 1.29 is 9.53 Å². The third kappa shape index (κ3) is 3.75. The van der Waals surface area contributed by atoms with Gasteiger partial charge in [0.2, 0.25) is 5.56 Å². The number of aryl methyl sites for hydroxylation is 1. The molecule has 0 bridgehead atoms. The van der Waals surface area contributed by atoms with Crippen LogP contribution in [0.25, 0.3) is 0 Å². The molecular weight excluding hydrogens is 294 g/mol. The molecule has 6 nitrogen and oxygen atoms in total. The van der Waals surface area contributed by atoms with Gasteiger partial charge in [0, 0.05) is 36.9 Å². The summed E-state index contributed by atoms with van der Waals surface area (Å²) in [7, 11) is 0. The summed E-state index contributed by atoms with van der Waals surface area (Å²) in [6, 6.07) is 4.05. The third-order valence-electron chi connectivity index (χ3n) is 4.30. The Morgan fingerprint density at radius 3 is 2.78 bits per heavy atom. The standard InChI is InChI=1S/C17H25N3O3/c1-17(2,3)23-16(22)20-9-11(10-20)18-13-5-4-6-14-12(13)7-8-15(21)19-14/h7-8,11,13,18H,4-6,9-10H2,1-3H3,(H,19,21). The number of pyridine rings is 1. The number of H-pyrrole nitrogens is 1. The monoisotopic (exact) mass is 319 g/mol. The van der Waals surface area contributed by atoms with Gasteiger partial charge in [0.15, 0.2) is 0 Å². The predicted octanol–water partition coefficient (Wildman–Crippen LogP) is 1.96. The number of carbonyl (C=O) groups is 1. The number of hydrogen-bond acceptors (Lipinski definition) is 4. The molecule has 23 heavy (non-hydrogen) atoms.